The molecular weight excluding hydrogens is 328 g/mol. The van der Waals surface area contributed by atoms with E-state index >= 15 is 0 Å². The summed E-state index contributed by atoms with van der Waals surface area (Å²) in [6, 6.07) is 0. The first kappa shape index (κ1) is 18.0. The smallest absolute Gasteiger partial charge is 0.332 e. The Hall–Kier alpha value is -1.42. The van der Waals surface area contributed by atoms with Crippen molar-refractivity contribution >= 4 is 11.8 Å². The summed E-state index contributed by atoms with van der Waals surface area (Å²) in [5.41, 5.74) is 1.14. The van der Waals surface area contributed by atoms with Crippen LogP contribution in [0.2, 0.25) is 0 Å². The highest BCUT2D eigenvalue weighted by Crippen LogP contribution is 2.67. The first-order valence-electron chi connectivity index (χ1n) is 10.0. The molecule has 4 aliphatic rings. The van der Waals surface area contributed by atoms with Crippen molar-refractivity contribution < 1.29 is 19.8 Å². The molecule has 0 aromatic rings. The number of aliphatic hydroxyl groups excluding tert-OH is 1. The predicted octanol–water partition coefficient (Wildman–Crippen LogP) is 3.60. The van der Waals surface area contributed by atoms with Gasteiger partial charge in [-0.2, -0.15) is 0 Å². The fourth-order valence-electron chi connectivity index (χ4n) is 7.35. The quantitative estimate of drug-likeness (QED) is 0.791. The Morgan fingerprint density at radius 3 is 2.65 bits per heavy atom. The minimum atomic E-state index is -1.25. The van der Waals surface area contributed by atoms with Crippen LogP contribution >= 0.6 is 0 Å². The topological polar surface area (TPSA) is 74.6 Å². The number of aliphatic carboxylic acids is 1. The average molecular weight is 358 g/mol. The van der Waals surface area contributed by atoms with Crippen LogP contribution in [0.3, 0.4) is 0 Å². The van der Waals surface area contributed by atoms with E-state index in [-0.39, 0.29) is 22.5 Å². The Morgan fingerprint density at radius 1 is 1.23 bits per heavy atom. The molecule has 0 aromatic heterocycles. The van der Waals surface area contributed by atoms with Crippen LogP contribution in [-0.4, -0.2) is 28.1 Å². The standard InChI is InChI=1S/C22H30O4/c1-12-10-14-15-4-5-17(19(24)20(25)26)21(15,2)9-7-16(14)22(3)8-6-13(23)11-18(12)22/h6,8,11-12,14-17,19,24H,4-5,7,9-10H2,1-3H3,(H,25,26)/t12?,14-,15-,16-,17+,19?,21-,22+/m0/s1. The van der Waals surface area contributed by atoms with Crippen LogP contribution in [0.4, 0.5) is 0 Å². The Labute approximate surface area is 155 Å². The van der Waals surface area contributed by atoms with Crippen LogP contribution in [-0.2, 0) is 9.59 Å². The molecule has 4 rings (SSSR count). The van der Waals surface area contributed by atoms with Crippen molar-refractivity contribution in [2.24, 2.45) is 40.4 Å². The van der Waals surface area contributed by atoms with E-state index in [4.69, 9.17) is 0 Å². The minimum Gasteiger partial charge on any atom is -0.479 e. The van der Waals surface area contributed by atoms with Crippen LogP contribution in [0.15, 0.2) is 23.8 Å². The largest absolute Gasteiger partial charge is 0.479 e. The second-order valence-electron chi connectivity index (χ2n) is 9.64. The summed E-state index contributed by atoms with van der Waals surface area (Å²) in [7, 11) is 0. The zero-order valence-electron chi connectivity index (χ0n) is 15.9. The first-order valence-corrected chi connectivity index (χ1v) is 10.0. The van der Waals surface area contributed by atoms with Gasteiger partial charge in [-0.3, -0.25) is 4.79 Å². The van der Waals surface area contributed by atoms with Gasteiger partial charge in [-0.05, 0) is 73.3 Å². The maximum Gasteiger partial charge on any atom is 0.332 e. The number of fused-ring (bicyclic) bond motifs is 5. The third-order valence-electron chi connectivity index (χ3n) is 8.59. The van der Waals surface area contributed by atoms with E-state index in [1.807, 2.05) is 6.08 Å². The summed E-state index contributed by atoms with van der Waals surface area (Å²) in [5, 5.41) is 19.6. The summed E-state index contributed by atoms with van der Waals surface area (Å²) in [4.78, 5) is 23.3. The summed E-state index contributed by atoms with van der Waals surface area (Å²) in [6.45, 7) is 6.74. The zero-order valence-corrected chi connectivity index (χ0v) is 15.9. The lowest BCUT2D eigenvalue weighted by Gasteiger charge is -2.58. The summed E-state index contributed by atoms with van der Waals surface area (Å²) < 4.78 is 0. The van der Waals surface area contributed by atoms with E-state index in [0.717, 1.165) is 32.1 Å². The number of hydrogen-bond acceptors (Lipinski definition) is 3. The zero-order chi connectivity index (χ0) is 18.9. The Balaban J connectivity index is 1.68. The third kappa shape index (κ3) is 2.30. The summed E-state index contributed by atoms with van der Waals surface area (Å²) >= 11 is 0. The molecule has 4 nitrogen and oxygen atoms in total. The van der Waals surface area contributed by atoms with Gasteiger partial charge in [-0.1, -0.05) is 32.4 Å². The molecular formula is C22H30O4. The van der Waals surface area contributed by atoms with Gasteiger partial charge < -0.3 is 10.2 Å². The number of hydrogen-bond donors (Lipinski definition) is 2. The molecule has 0 amide bonds. The molecule has 3 fully saturated rings. The van der Waals surface area contributed by atoms with Gasteiger partial charge in [0.25, 0.3) is 0 Å². The number of carbonyl (C=O) groups is 2. The van der Waals surface area contributed by atoms with Gasteiger partial charge in [-0.15, -0.1) is 0 Å². The molecule has 0 aliphatic heterocycles. The predicted molar refractivity (Wildman–Crippen MR) is 98.3 cm³/mol. The van der Waals surface area contributed by atoms with Crippen molar-refractivity contribution in [1.29, 1.82) is 0 Å². The highest BCUT2D eigenvalue weighted by Gasteiger charge is 2.61. The lowest BCUT2D eigenvalue weighted by molar-refractivity contribution is -0.154. The third-order valence-corrected chi connectivity index (χ3v) is 8.59. The highest BCUT2D eigenvalue weighted by molar-refractivity contribution is 6.01. The molecule has 0 radical (unpaired) electrons. The molecule has 0 spiro atoms. The average Bonchev–Trinajstić information content (AvgIpc) is 2.93. The molecule has 0 saturated heterocycles. The monoisotopic (exact) mass is 358 g/mol. The Bertz CT molecular complexity index is 707. The van der Waals surface area contributed by atoms with Crippen LogP contribution in [0.5, 0.6) is 0 Å². The summed E-state index contributed by atoms with van der Waals surface area (Å²) in [5.74, 6) is 0.765. The maximum absolute atomic E-state index is 11.9. The van der Waals surface area contributed by atoms with Gasteiger partial charge in [0.15, 0.2) is 11.9 Å². The van der Waals surface area contributed by atoms with Crippen LogP contribution < -0.4 is 0 Å². The van der Waals surface area contributed by atoms with Crippen LogP contribution in [0, 0.1) is 40.4 Å². The summed E-state index contributed by atoms with van der Waals surface area (Å²) in [6.07, 6.45) is 9.38. The molecule has 2 N–H and O–H groups in total. The fraction of sp³-hybridized carbons (Fsp3) is 0.727. The first-order chi connectivity index (χ1) is 12.2. The van der Waals surface area contributed by atoms with E-state index in [9.17, 15) is 19.8 Å². The molecule has 8 atom stereocenters. The number of carbonyl (C=O) groups excluding carboxylic acids is 1. The second kappa shape index (κ2) is 5.79. The SMILES string of the molecule is CC1C[C@H]2[C@@H]3CC[C@H](C(O)C(=O)O)[C@@]3(C)CC[C@@H]2[C@@]2(C)C=CC(=O)C=C12. The molecule has 142 valence electrons. The minimum absolute atomic E-state index is 0.0545. The van der Waals surface area contributed by atoms with Crippen molar-refractivity contribution in [3.05, 3.63) is 23.8 Å². The lowest BCUT2D eigenvalue weighted by Crippen LogP contribution is -2.52. The van der Waals surface area contributed by atoms with Crippen molar-refractivity contribution in [3.8, 4) is 0 Å². The van der Waals surface area contributed by atoms with Crippen molar-refractivity contribution in [3.63, 3.8) is 0 Å². The van der Waals surface area contributed by atoms with E-state index in [2.05, 4.69) is 26.8 Å². The van der Waals surface area contributed by atoms with E-state index in [0.29, 0.717) is 23.7 Å². The van der Waals surface area contributed by atoms with Crippen LogP contribution in [0.1, 0.15) is 52.9 Å². The van der Waals surface area contributed by atoms with Crippen molar-refractivity contribution in [1.82, 2.24) is 0 Å². The number of ketones is 1. The van der Waals surface area contributed by atoms with Gasteiger partial charge in [0, 0.05) is 11.3 Å². The second-order valence-corrected chi connectivity index (χ2v) is 9.64. The van der Waals surface area contributed by atoms with E-state index in [1.54, 1.807) is 6.08 Å². The van der Waals surface area contributed by atoms with Gasteiger partial charge >= 0.3 is 5.97 Å². The van der Waals surface area contributed by atoms with E-state index in [1.165, 1.54) is 5.57 Å². The van der Waals surface area contributed by atoms with Crippen LogP contribution in [0.25, 0.3) is 0 Å². The van der Waals surface area contributed by atoms with Crippen molar-refractivity contribution in [2.75, 3.05) is 0 Å². The fourth-order valence-corrected chi connectivity index (χ4v) is 7.35. The molecule has 26 heavy (non-hydrogen) atoms. The molecule has 0 bridgehead atoms. The van der Waals surface area contributed by atoms with Crippen molar-refractivity contribution in [2.45, 2.75) is 59.0 Å². The van der Waals surface area contributed by atoms with Gasteiger partial charge in [-0.25, -0.2) is 4.79 Å². The molecule has 0 aromatic carbocycles. The Morgan fingerprint density at radius 2 is 1.96 bits per heavy atom. The number of carboxylic acid groups (broad SMARTS) is 1. The molecule has 4 aliphatic carbocycles. The number of carboxylic acids is 1. The van der Waals surface area contributed by atoms with E-state index < -0.39 is 12.1 Å². The Kier molecular flexibility index (Phi) is 4.00. The van der Waals surface area contributed by atoms with Gasteiger partial charge in [0.05, 0.1) is 0 Å². The van der Waals surface area contributed by atoms with Gasteiger partial charge in [0.1, 0.15) is 0 Å². The number of aliphatic hydroxyl groups is 1. The molecule has 3 saturated carbocycles. The molecule has 2 unspecified atom stereocenters. The maximum atomic E-state index is 11.9. The molecule has 0 heterocycles. The highest BCUT2D eigenvalue weighted by atomic mass is 16.4. The number of rotatable bonds is 2. The molecule has 4 heteroatoms. The number of allylic oxidation sites excluding steroid dienone is 4. The lowest BCUT2D eigenvalue weighted by atomic mass is 9.46. The van der Waals surface area contributed by atoms with Gasteiger partial charge in [0.2, 0.25) is 0 Å². The normalized spacial score (nSPS) is 48.2.